The zero-order valence-corrected chi connectivity index (χ0v) is 37.4. The van der Waals surface area contributed by atoms with Gasteiger partial charge in [-0.3, -0.25) is 38.9 Å². The number of halogens is 1. The normalized spacial score (nSPS) is 24.6. The van der Waals surface area contributed by atoms with Crippen LogP contribution in [0.2, 0.25) is 0 Å². The molecule has 2 aliphatic carbocycles. The SMILES string of the molecule is COc1cc2nn([C@H]3CC[C@H](CN4CCC(O[C@H]5CC[C@H](CNc6cccc7c6C(=O)N(C6CCC(=O)NC6=O)C7=O)CC5)CC4)CC3)cc2cc1NC(=O)c1cccc(C(C)(C)F)n1. The molecule has 5 amide bonds. The lowest BCUT2D eigenvalue weighted by Gasteiger charge is -2.38. The highest BCUT2D eigenvalue weighted by Gasteiger charge is 2.45. The average Bonchev–Trinajstić information content (AvgIpc) is 3.83. The number of carbonyl (C=O) groups excluding carboxylic acids is 5. The van der Waals surface area contributed by atoms with Crippen molar-refractivity contribution in [1.29, 1.82) is 0 Å². The number of anilines is 2. The molecular formula is C49H59FN8O7. The van der Waals surface area contributed by atoms with E-state index >= 15 is 0 Å². The second kappa shape index (κ2) is 18.6. The van der Waals surface area contributed by atoms with Gasteiger partial charge in [-0.05, 0) is 127 Å². The molecule has 5 heterocycles. The van der Waals surface area contributed by atoms with Gasteiger partial charge in [-0.25, -0.2) is 9.37 Å². The number of piperidine rings is 2. The fourth-order valence-corrected chi connectivity index (χ4v) is 10.4. The predicted molar refractivity (Wildman–Crippen MR) is 242 cm³/mol. The number of ether oxygens (including phenoxy) is 2. The van der Waals surface area contributed by atoms with Crippen LogP contribution < -0.4 is 20.7 Å². The van der Waals surface area contributed by atoms with Gasteiger partial charge in [0, 0.05) is 55.9 Å². The second-order valence-corrected chi connectivity index (χ2v) is 19.1. The van der Waals surface area contributed by atoms with E-state index in [0.29, 0.717) is 47.1 Å². The van der Waals surface area contributed by atoms with E-state index in [1.807, 2.05) is 18.2 Å². The summed E-state index contributed by atoms with van der Waals surface area (Å²) in [5.41, 5.74) is 1.13. The molecule has 2 saturated carbocycles. The minimum atomic E-state index is -1.67. The van der Waals surface area contributed by atoms with Crippen LogP contribution in [0.3, 0.4) is 0 Å². The van der Waals surface area contributed by atoms with Gasteiger partial charge in [-0.1, -0.05) is 12.1 Å². The number of rotatable bonds is 13. The van der Waals surface area contributed by atoms with Crippen LogP contribution >= 0.6 is 0 Å². The van der Waals surface area contributed by atoms with Gasteiger partial charge in [0.2, 0.25) is 11.8 Å². The van der Waals surface area contributed by atoms with Crippen molar-refractivity contribution in [2.24, 2.45) is 11.8 Å². The van der Waals surface area contributed by atoms with E-state index in [1.165, 1.54) is 13.8 Å². The molecule has 3 N–H and O–H groups in total. The van der Waals surface area contributed by atoms with Crippen LogP contribution in [0.5, 0.6) is 5.75 Å². The van der Waals surface area contributed by atoms with Gasteiger partial charge in [0.1, 0.15) is 23.2 Å². The maximum atomic E-state index is 14.5. The summed E-state index contributed by atoms with van der Waals surface area (Å²) in [6, 6.07) is 13.0. The molecule has 344 valence electrons. The van der Waals surface area contributed by atoms with Crippen molar-refractivity contribution in [3.63, 3.8) is 0 Å². The van der Waals surface area contributed by atoms with Crippen molar-refractivity contribution in [2.45, 2.75) is 121 Å². The van der Waals surface area contributed by atoms with Gasteiger partial charge in [-0.2, -0.15) is 5.10 Å². The van der Waals surface area contributed by atoms with Crippen LogP contribution in [0.25, 0.3) is 10.9 Å². The maximum Gasteiger partial charge on any atom is 0.274 e. The summed E-state index contributed by atoms with van der Waals surface area (Å²) < 4.78 is 28.9. The van der Waals surface area contributed by atoms with Crippen molar-refractivity contribution in [1.82, 2.24) is 29.9 Å². The van der Waals surface area contributed by atoms with Crippen LogP contribution in [0, 0.1) is 11.8 Å². The first kappa shape index (κ1) is 44.5. The monoisotopic (exact) mass is 890 g/mol. The van der Waals surface area contributed by atoms with Crippen molar-refractivity contribution in [3.8, 4) is 5.75 Å². The standard InChI is InChI=1S/C49H59FN8O7/c1-49(2,50)42-9-5-8-37(52-42)45(60)53-39-24-31-28-57(55-38(31)25-41(39)64-3)32-14-10-30(11-15-32)27-56-22-20-34(21-23-56)65-33-16-12-29(13-17-33)26-51-36-7-4-6-35-44(36)48(63)58(47(35)62)40-18-19-43(59)54-46(40)61/h4-9,24-25,28-30,32-34,40,51H,10-23,26-27H2,1-3H3,(H,53,60)(H,54,59,61)/t29-,30-,32-,33-,40?. The number of hydrogen-bond acceptors (Lipinski definition) is 11. The first-order chi connectivity index (χ1) is 31.3. The van der Waals surface area contributed by atoms with Crippen molar-refractivity contribution in [3.05, 3.63) is 77.2 Å². The van der Waals surface area contributed by atoms with Gasteiger partial charge in [0.25, 0.3) is 17.7 Å². The smallest absolute Gasteiger partial charge is 0.274 e. The number of imide groups is 2. The average molecular weight is 891 g/mol. The summed E-state index contributed by atoms with van der Waals surface area (Å²) in [4.78, 5) is 72.0. The Hall–Kier alpha value is -5.74. The minimum absolute atomic E-state index is 0.0869. The number of fused-ring (bicyclic) bond motifs is 2. The van der Waals surface area contributed by atoms with E-state index < -0.39 is 41.2 Å². The third-order valence-electron chi connectivity index (χ3n) is 14.2. The Balaban J connectivity index is 0.694. The molecule has 65 heavy (non-hydrogen) atoms. The first-order valence-electron chi connectivity index (χ1n) is 23.3. The molecule has 16 heteroatoms. The maximum absolute atomic E-state index is 14.5. The van der Waals surface area contributed by atoms with Gasteiger partial charge in [0.05, 0.1) is 53.4 Å². The lowest BCUT2D eigenvalue weighted by Crippen LogP contribution is -2.54. The van der Waals surface area contributed by atoms with Crippen LogP contribution in [-0.4, -0.2) is 106 Å². The third-order valence-corrected chi connectivity index (χ3v) is 14.2. The Morgan fingerprint density at radius 3 is 2.31 bits per heavy atom. The number of amides is 5. The molecule has 0 bridgehead atoms. The molecule has 15 nitrogen and oxygen atoms in total. The highest BCUT2D eigenvalue weighted by molar-refractivity contribution is 6.25. The van der Waals surface area contributed by atoms with Gasteiger partial charge in [-0.15, -0.1) is 0 Å². The molecule has 0 spiro atoms. The minimum Gasteiger partial charge on any atom is -0.494 e. The van der Waals surface area contributed by atoms with Crippen LogP contribution in [0.4, 0.5) is 15.8 Å². The van der Waals surface area contributed by atoms with Gasteiger partial charge < -0.3 is 25.0 Å². The number of nitrogens with one attached hydrogen (secondary N) is 3. The molecule has 1 unspecified atom stereocenters. The summed E-state index contributed by atoms with van der Waals surface area (Å²) in [5.74, 6) is -0.891. The molecule has 2 aromatic carbocycles. The Bertz CT molecular complexity index is 2460. The lowest BCUT2D eigenvalue weighted by molar-refractivity contribution is -0.136. The molecular weight excluding hydrogens is 832 g/mol. The number of hydrogen-bond donors (Lipinski definition) is 3. The fourth-order valence-electron chi connectivity index (χ4n) is 10.4. The molecule has 2 saturated heterocycles. The van der Waals surface area contributed by atoms with E-state index in [1.54, 1.807) is 37.4 Å². The molecule has 9 rings (SSSR count). The van der Waals surface area contributed by atoms with E-state index in [4.69, 9.17) is 14.6 Å². The molecule has 1 atom stereocenters. The zero-order valence-electron chi connectivity index (χ0n) is 37.4. The topological polar surface area (TPSA) is 177 Å². The Labute approximate surface area is 378 Å². The number of likely N-dealkylation sites (tertiary alicyclic amines) is 1. The summed E-state index contributed by atoms with van der Waals surface area (Å²) in [6.45, 7) is 6.71. The van der Waals surface area contributed by atoms with Crippen molar-refractivity contribution in [2.75, 3.05) is 43.9 Å². The zero-order chi connectivity index (χ0) is 45.4. The third kappa shape index (κ3) is 9.65. The Morgan fingerprint density at radius 2 is 1.58 bits per heavy atom. The molecule has 2 aromatic heterocycles. The summed E-state index contributed by atoms with van der Waals surface area (Å²) in [6.07, 6.45) is 13.3. The lowest BCUT2D eigenvalue weighted by atomic mass is 9.85. The van der Waals surface area contributed by atoms with Crippen molar-refractivity contribution >= 4 is 51.8 Å². The van der Waals surface area contributed by atoms with Crippen molar-refractivity contribution < 1.29 is 37.8 Å². The first-order valence-corrected chi connectivity index (χ1v) is 23.3. The summed E-state index contributed by atoms with van der Waals surface area (Å²) >= 11 is 0. The Morgan fingerprint density at radius 1 is 0.862 bits per heavy atom. The number of methoxy groups -OCH3 is 1. The second-order valence-electron chi connectivity index (χ2n) is 19.1. The van der Waals surface area contributed by atoms with E-state index in [0.717, 1.165) is 99.6 Å². The number of carbonyl (C=O) groups is 5. The van der Waals surface area contributed by atoms with E-state index in [-0.39, 0.29) is 42.0 Å². The number of aromatic nitrogens is 3. The van der Waals surface area contributed by atoms with Crippen LogP contribution in [-0.2, 0) is 20.0 Å². The summed E-state index contributed by atoms with van der Waals surface area (Å²) in [7, 11) is 1.56. The number of pyridine rings is 1. The quantitative estimate of drug-likeness (QED) is 0.116. The largest absolute Gasteiger partial charge is 0.494 e. The van der Waals surface area contributed by atoms with Crippen LogP contribution in [0.1, 0.15) is 134 Å². The predicted octanol–water partition coefficient (Wildman–Crippen LogP) is 7.18. The number of benzene rings is 2. The molecule has 0 radical (unpaired) electrons. The number of nitrogens with zero attached hydrogens (tertiary/aromatic N) is 5. The van der Waals surface area contributed by atoms with E-state index in [9.17, 15) is 28.4 Å². The fraction of sp³-hybridized carbons (Fsp3) is 0.531. The summed E-state index contributed by atoms with van der Waals surface area (Å²) in [5, 5.41) is 14.4. The molecule has 4 aromatic rings. The molecule has 3 aliphatic heterocycles. The Kier molecular flexibility index (Phi) is 12.7. The molecule has 4 fully saturated rings. The van der Waals surface area contributed by atoms with Gasteiger partial charge in [0.15, 0.2) is 0 Å². The highest BCUT2D eigenvalue weighted by Crippen LogP contribution is 2.38. The van der Waals surface area contributed by atoms with Crippen LogP contribution in [0.15, 0.2) is 54.7 Å². The molecule has 5 aliphatic rings. The van der Waals surface area contributed by atoms with Gasteiger partial charge >= 0.3 is 0 Å². The van der Waals surface area contributed by atoms with E-state index in [2.05, 4.69) is 36.7 Å². The highest BCUT2D eigenvalue weighted by atomic mass is 19.1. The number of alkyl halides is 1.